The van der Waals surface area contributed by atoms with E-state index in [1.165, 1.54) is 7.05 Å². The number of fused-ring (bicyclic) bond motifs is 1. The molecule has 2 rings (SSSR count). The zero-order valence-corrected chi connectivity index (χ0v) is 15.0. The summed E-state index contributed by atoms with van der Waals surface area (Å²) in [6, 6.07) is 13.9. The van der Waals surface area contributed by atoms with Gasteiger partial charge in [-0.2, -0.15) is 13.2 Å². The molecular weight excluding hydrogens is 418 g/mol. The molecule has 0 amide bonds. The van der Waals surface area contributed by atoms with Gasteiger partial charge in [0, 0.05) is 20.1 Å². The van der Waals surface area contributed by atoms with Crippen molar-refractivity contribution in [2.75, 3.05) is 13.6 Å². The Labute approximate surface area is 150 Å². The minimum absolute atomic E-state index is 0. The van der Waals surface area contributed by atoms with Crippen LogP contribution in [0.15, 0.2) is 47.5 Å². The van der Waals surface area contributed by atoms with E-state index >= 15 is 0 Å². The molecule has 0 saturated heterocycles. The SMILES string of the molecule is CN=C(NCCC(F)(F)F)NCc1cccc2ccccc12.I. The Morgan fingerprint density at radius 2 is 1.74 bits per heavy atom. The van der Waals surface area contributed by atoms with Gasteiger partial charge >= 0.3 is 6.18 Å². The lowest BCUT2D eigenvalue weighted by molar-refractivity contribution is -0.132. The molecule has 126 valence electrons. The first-order valence-electron chi connectivity index (χ1n) is 6.97. The van der Waals surface area contributed by atoms with E-state index in [-0.39, 0.29) is 30.5 Å². The van der Waals surface area contributed by atoms with Crippen LogP contribution in [0.4, 0.5) is 13.2 Å². The molecule has 0 spiro atoms. The Hall–Kier alpha value is -1.51. The molecule has 0 saturated carbocycles. The van der Waals surface area contributed by atoms with Crippen LogP contribution in [0, 0.1) is 0 Å². The molecule has 23 heavy (non-hydrogen) atoms. The van der Waals surface area contributed by atoms with Crippen molar-refractivity contribution < 1.29 is 13.2 Å². The highest BCUT2D eigenvalue weighted by atomic mass is 127. The number of nitrogens with zero attached hydrogens (tertiary/aromatic N) is 1. The Morgan fingerprint density at radius 3 is 2.43 bits per heavy atom. The monoisotopic (exact) mass is 437 g/mol. The van der Waals surface area contributed by atoms with E-state index in [2.05, 4.69) is 15.6 Å². The van der Waals surface area contributed by atoms with E-state index in [0.29, 0.717) is 12.5 Å². The quantitative estimate of drug-likeness (QED) is 0.430. The largest absolute Gasteiger partial charge is 0.390 e. The van der Waals surface area contributed by atoms with Crippen LogP contribution in [0.2, 0.25) is 0 Å². The zero-order chi connectivity index (χ0) is 16.0. The lowest BCUT2D eigenvalue weighted by Gasteiger charge is -2.14. The molecule has 2 aromatic rings. The van der Waals surface area contributed by atoms with Gasteiger partial charge in [0.25, 0.3) is 0 Å². The van der Waals surface area contributed by atoms with E-state index in [1.54, 1.807) is 0 Å². The third-order valence-corrected chi connectivity index (χ3v) is 3.25. The Bertz CT molecular complexity index is 651. The molecule has 0 fully saturated rings. The second-order valence-electron chi connectivity index (χ2n) is 4.86. The number of nitrogens with one attached hydrogen (secondary N) is 2. The molecule has 2 N–H and O–H groups in total. The van der Waals surface area contributed by atoms with Crippen LogP contribution in [-0.2, 0) is 6.54 Å². The fourth-order valence-corrected chi connectivity index (χ4v) is 2.17. The molecule has 3 nitrogen and oxygen atoms in total. The maximum atomic E-state index is 12.1. The molecule has 0 bridgehead atoms. The number of aliphatic imine (C=N–C) groups is 1. The van der Waals surface area contributed by atoms with Crippen molar-refractivity contribution in [1.82, 2.24) is 10.6 Å². The van der Waals surface area contributed by atoms with Crippen LogP contribution in [0.5, 0.6) is 0 Å². The lowest BCUT2D eigenvalue weighted by atomic mass is 10.0. The summed E-state index contributed by atoms with van der Waals surface area (Å²) in [5.41, 5.74) is 1.07. The molecule has 2 aromatic carbocycles. The van der Waals surface area contributed by atoms with E-state index in [9.17, 15) is 13.2 Å². The predicted molar refractivity (Wildman–Crippen MR) is 98.2 cm³/mol. The van der Waals surface area contributed by atoms with Crippen LogP contribution in [0.25, 0.3) is 10.8 Å². The second-order valence-corrected chi connectivity index (χ2v) is 4.86. The first kappa shape index (κ1) is 19.5. The zero-order valence-electron chi connectivity index (χ0n) is 12.7. The molecule has 0 aliphatic rings. The summed E-state index contributed by atoms with van der Waals surface area (Å²) in [5, 5.41) is 7.94. The minimum atomic E-state index is -4.17. The fourth-order valence-electron chi connectivity index (χ4n) is 2.17. The highest BCUT2D eigenvalue weighted by Gasteiger charge is 2.26. The van der Waals surface area contributed by atoms with Crippen LogP contribution in [0.1, 0.15) is 12.0 Å². The van der Waals surface area contributed by atoms with Crippen molar-refractivity contribution in [3.63, 3.8) is 0 Å². The topological polar surface area (TPSA) is 36.4 Å². The molecular formula is C16H19F3IN3. The summed E-state index contributed by atoms with van der Waals surface area (Å²) in [4.78, 5) is 3.93. The molecule has 0 radical (unpaired) electrons. The average molecular weight is 437 g/mol. The van der Waals surface area contributed by atoms with Gasteiger partial charge in [0.1, 0.15) is 0 Å². The first-order valence-corrected chi connectivity index (χ1v) is 6.97. The Morgan fingerprint density at radius 1 is 1.04 bits per heavy atom. The second kappa shape index (κ2) is 8.95. The van der Waals surface area contributed by atoms with Gasteiger partial charge in [-0.25, -0.2) is 0 Å². The predicted octanol–water partition coefficient (Wildman–Crippen LogP) is 4.08. The maximum Gasteiger partial charge on any atom is 0.390 e. The van der Waals surface area contributed by atoms with Crippen molar-refractivity contribution in [3.8, 4) is 0 Å². The van der Waals surface area contributed by atoms with Gasteiger partial charge in [-0.3, -0.25) is 4.99 Å². The van der Waals surface area contributed by atoms with Crippen LogP contribution < -0.4 is 10.6 Å². The summed E-state index contributed by atoms with van der Waals surface area (Å²) in [6.45, 7) is 0.297. The van der Waals surface area contributed by atoms with Gasteiger partial charge < -0.3 is 10.6 Å². The van der Waals surface area contributed by atoms with E-state index in [0.717, 1.165) is 16.3 Å². The number of benzene rings is 2. The maximum absolute atomic E-state index is 12.1. The molecule has 0 unspecified atom stereocenters. The standard InChI is InChI=1S/C16H18F3N3.HI/c1-20-15(21-10-9-16(17,18)19)22-11-13-7-4-6-12-5-2-3-8-14(12)13;/h2-8H,9-11H2,1H3,(H2,20,21,22);1H. The molecule has 0 aliphatic heterocycles. The van der Waals surface area contributed by atoms with Crippen LogP contribution >= 0.6 is 24.0 Å². The third-order valence-electron chi connectivity index (χ3n) is 3.25. The number of alkyl halides is 3. The first-order chi connectivity index (χ1) is 10.5. The van der Waals surface area contributed by atoms with Gasteiger partial charge in [0.15, 0.2) is 5.96 Å². The summed E-state index contributed by atoms with van der Waals surface area (Å²) >= 11 is 0. The Balaban J connectivity index is 0.00000264. The number of halogens is 4. The van der Waals surface area contributed by atoms with Gasteiger partial charge in [0.2, 0.25) is 0 Å². The van der Waals surface area contributed by atoms with E-state index in [1.807, 2.05) is 42.5 Å². The van der Waals surface area contributed by atoms with Gasteiger partial charge in [0.05, 0.1) is 6.42 Å². The van der Waals surface area contributed by atoms with E-state index < -0.39 is 12.6 Å². The Kier molecular flexibility index (Phi) is 7.60. The van der Waals surface area contributed by atoms with Crippen LogP contribution in [0.3, 0.4) is 0 Å². The highest BCUT2D eigenvalue weighted by molar-refractivity contribution is 14.0. The van der Waals surface area contributed by atoms with Gasteiger partial charge in [-0.05, 0) is 16.3 Å². The normalized spacial score (nSPS) is 11.9. The number of hydrogen-bond donors (Lipinski definition) is 2. The van der Waals surface area contributed by atoms with Crippen molar-refractivity contribution in [1.29, 1.82) is 0 Å². The molecule has 0 aromatic heterocycles. The van der Waals surface area contributed by atoms with Crippen molar-refractivity contribution in [2.24, 2.45) is 4.99 Å². The smallest absolute Gasteiger partial charge is 0.356 e. The van der Waals surface area contributed by atoms with Crippen molar-refractivity contribution in [2.45, 2.75) is 19.1 Å². The average Bonchev–Trinajstić information content (AvgIpc) is 2.49. The van der Waals surface area contributed by atoms with E-state index in [4.69, 9.17) is 0 Å². The summed E-state index contributed by atoms with van der Waals surface area (Å²) in [5.74, 6) is 0.359. The third kappa shape index (κ3) is 6.25. The molecule has 7 heteroatoms. The number of rotatable bonds is 4. The summed E-state index contributed by atoms with van der Waals surface area (Å²) in [6.07, 6.45) is -5.05. The molecule has 0 heterocycles. The van der Waals surface area contributed by atoms with Gasteiger partial charge in [-0.1, -0.05) is 42.5 Å². The number of guanidine groups is 1. The number of hydrogen-bond acceptors (Lipinski definition) is 1. The van der Waals surface area contributed by atoms with Crippen LogP contribution in [-0.4, -0.2) is 25.7 Å². The van der Waals surface area contributed by atoms with Crippen molar-refractivity contribution >= 4 is 40.7 Å². The summed E-state index contributed by atoms with van der Waals surface area (Å²) < 4.78 is 36.4. The fraction of sp³-hybridized carbons (Fsp3) is 0.312. The molecule has 0 aliphatic carbocycles. The van der Waals surface area contributed by atoms with Crippen molar-refractivity contribution in [3.05, 3.63) is 48.0 Å². The minimum Gasteiger partial charge on any atom is -0.356 e. The highest BCUT2D eigenvalue weighted by Crippen LogP contribution is 2.19. The van der Waals surface area contributed by atoms with Gasteiger partial charge in [-0.15, -0.1) is 24.0 Å². The molecule has 0 atom stereocenters. The lowest BCUT2D eigenvalue weighted by Crippen LogP contribution is -2.38. The summed E-state index contributed by atoms with van der Waals surface area (Å²) in [7, 11) is 1.53.